The Bertz CT molecular complexity index is 539. The summed E-state index contributed by atoms with van der Waals surface area (Å²) in [6.45, 7) is 3.68. The summed E-state index contributed by atoms with van der Waals surface area (Å²) in [5.74, 6) is 2.53. The minimum Gasteiger partial charge on any atom is -0.493 e. The highest BCUT2D eigenvalue weighted by atomic mass is 16.5. The fraction of sp³-hybridized carbons (Fsp3) is 0.588. The topological polar surface area (TPSA) is 54.9 Å². The summed E-state index contributed by atoms with van der Waals surface area (Å²) in [6.07, 6.45) is 5.17. The Morgan fingerprint density at radius 1 is 1.27 bits per heavy atom. The first-order valence-electron chi connectivity index (χ1n) is 8.13. The molecular weight excluding hydrogens is 278 g/mol. The average molecular weight is 303 g/mol. The molecular formula is C17H25N3O2. The molecule has 0 amide bonds. The predicted octanol–water partition coefficient (Wildman–Crippen LogP) is 2.45. The number of hydrogen-bond acceptors (Lipinski definition) is 5. The normalized spacial score (nSPS) is 21.4. The lowest BCUT2D eigenvalue weighted by atomic mass is 10.2. The van der Waals surface area contributed by atoms with Crippen LogP contribution < -0.4 is 20.1 Å². The molecule has 1 aromatic rings. The second kappa shape index (κ2) is 6.90. The molecule has 1 heterocycles. The Morgan fingerprint density at radius 2 is 2.09 bits per heavy atom. The summed E-state index contributed by atoms with van der Waals surface area (Å²) >= 11 is 0. The van der Waals surface area contributed by atoms with Gasteiger partial charge < -0.3 is 20.1 Å². The fourth-order valence-electron chi connectivity index (χ4n) is 2.95. The number of nitrogens with one attached hydrogen (secondary N) is 2. The van der Waals surface area contributed by atoms with Gasteiger partial charge in [0, 0.05) is 12.6 Å². The number of benzene rings is 1. The molecule has 1 unspecified atom stereocenters. The van der Waals surface area contributed by atoms with Crippen LogP contribution in [-0.2, 0) is 6.54 Å². The van der Waals surface area contributed by atoms with Crippen LogP contribution in [0.2, 0.25) is 0 Å². The van der Waals surface area contributed by atoms with E-state index in [0.717, 1.165) is 49.0 Å². The van der Waals surface area contributed by atoms with Crippen molar-refractivity contribution in [3.63, 3.8) is 0 Å². The zero-order valence-electron chi connectivity index (χ0n) is 13.4. The van der Waals surface area contributed by atoms with E-state index < -0.39 is 0 Å². The van der Waals surface area contributed by atoms with Crippen molar-refractivity contribution in [1.29, 1.82) is 0 Å². The number of ether oxygens (including phenoxy) is 2. The highest BCUT2D eigenvalue weighted by molar-refractivity contribution is 5.81. The summed E-state index contributed by atoms with van der Waals surface area (Å²) in [4.78, 5) is 4.40. The van der Waals surface area contributed by atoms with Gasteiger partial charge in [-0.2, -0.15) is 0 Å². The van der Waals surface area contributed by atoms with Crippen LogP contribution in [0, 0.1) is 0 Å². The minimum absolute atomic E-state index is 0.344. The Labute approximate surface area is 132 Å². The highest BCUT2D eigenvalue weighted by Crippen LogP contribution is 2.32. The van der Waals surface area contributed by atoms with E-state index in [1.165, 1.54) is 12.8 Å². The lowest BCUT2D eigenvalue weighted by Gasteiger charge is -2.17. The molecule has 0 spiro atoms. The van der Waals surface area contributed by atoms with Gasteiger partial charge in [0.1, 0.15) is 0 Å². The smallest absolute Gasteiger partial charge is 0.191 e. The van der Waals surface area contributed by atoms with Gasteiger partial charge in [0.2, 0.25) is 0 Å². The third-order valence-corrected chi connectivity index (χ3v) is 4.19. The third kappa shape index (κ3) is 3.64. The fourth-order valence-corrected chi connectivity index (χ4v) is 2.95. The molecule has 1 fully saturated rings. The van der Waals surface area contributed by atoms with Gasteiger partial charge in [0.15, 0.2) is 17.5 Å². The molecule has 2 aliphatic rings. The monoisotopic (exact) mass is 303 g/mol. The van der Waals surface area contributed by atoms with Crippen LogP contribution in [0.15, 0.2) is 23.2 Å². The summed E-state index contributed by atoms with van der Waals surface area (Å²) in [5.41, 5.74) is 1.15. The number of rotatable bonds is 5. The SMILES string of the molecule is COc1cc(CNC2=NCC(C)N2)ccc1OC1CCCC1. The predicted molar refractivity (Wildman–Crippen MR) is 87.6 cm³/mol. The van der Waals surface area contributed by atoms with Gasteiger partial charge in [-0.05, 0) is 50.3 Å². The van der Waals surface area contributed by atoms with Crippen molar-refractivity contribution in [3.8, 4) is 11.5 Å². The third-order valence-electron chi connectivity index (χ3n) is 4.19. The Hall–Kier alpha value is -1.91. The Kier molecular flexibility index (Phi) is 4.71. The number of hydrogen-bond donors (Lipinski definition) is 2. The molecule has 1 aromatic carbocycles. The second-order valence-corrected chi connectivity index (χ2v) is 6.10. The minimum atomic E-state index is 0.344. The van der Waals surface area contributed by atoms with Crippen molar-refractivity contribution < 1.29 is 9.47 Å². The average Bonchev–Trinajstić information content (AvgIpc) is 3.18. The highest BCUT2D eigenvalue weighted by Gasteiger charge is 2.18. The quantitative estimate of drug-likeness (QED) is 0.877. The number of methoxy groups -OCH3 is 1. The van der Waals surface area contributed by atoms with E-state index in [1.807, 2.05) is 12.1 Å². The molecule has 120 valence electrons. The van der Waals surface area contributed by atoms with Crippen LogP contribution in [0.4, 0.5) is 0 Å². The zero-order valence-corrected chi connectivity index (χ0v) is 13.4. The first-order valence-corrected chi connectivity index (χ1v) is 8.13. The second-order valence-electron chi connectivity index (χ2n) is 6.10. The first-order chi connectivity index (χ1) is 10.7. The molecule has 0 saturated heterocycles. The van der Waals surface area contributed by atoms with E-state index in [4.69, 9.17) is 9.47 Å². The molecule has 2 N–H and O–H groups in total. The van der Waals surface area contributed by atoms with E-state index in [-0.39, 0.29) is 0 Å². The molecule has 5 nitrogen and oxygen atoms in total. The maximum absolute atomic E-state index is 6.06. The van der Waals surface area contributed by atoms with Crippen molar-refractivity contribution in [2.45, 2.75) is 51.3 Å². The van der Waals surface area contributed by atoms with Crippen molar-refractivity contribution >= 4 is 5.96 Å². The molecule has 1 atom stereocenters. The molecule has 0 bridgehead atoms. The van der Waals surface area contributed by atoms with Crippen LogP contribution in [-0.4, -0.2) is 31.8 Å². The van der Waals surface area contributed by atoms with E-state index in [0.29, 0.717) is 12.1 Å². The van der Waals surface area contributed by atoms with E-state index >= 15 is 0 Å². The van der Waals surface area contributed by atoms with Crippen LogP contribution in [0.1, 0.15) is 38.2 Å². The van der Waals surface area contributed by atoms with E-state index in [2.05, 4.69) is 28.6 Å². The van der Waals surface area contributed by atoms with Crippen LogP contribution >= 0.6 is 0 Å². The van der Waals surface area contributed by atoms with Crippen molar-refractivity contribution in [2.75, 3.05) is 13.7 Å². The molecule has 0 aromatic heterocycles. The van der Waals surface area contributed by atoms with Gasteiger partial charge in [0.05, 0.1) is 19.8 Å². The molecule has 3 rings (SSSR count). The maximum atomic E-state index is 6.06. The van der Waals surface area contributed by atoms with E-state index in [1.54, 1.807) is 7.11 Å². The van der Waals surface area contributed by atoms with Gasteiger partial charge in [0.25, 0.3) is 0 Å². The first kappa shape index (κ1) is 15.0. The molecule has 5 heteroatoms. The maximum Gasteiger partial charge on any atom is 0.191 e. The summed E-state index contributed by atoms with van der Waals surface area (Å²) < 4.78 is 11.5. The molecule has 0 radical (unpaired) electrons. The molecule has 1 aliphatic heterocycles. The number of guanidine groups is 1. The molecule has 1 saturated carbocycles. The van der Waals surface area contributed by atoms with Gasteiger partial charge in [-0.3, -0.25) is 4.99 Å². The number of aliphatic imine (C=N–C) groups is 1. The van der Waals surface area contributed by atoms with Crippen LogP contribution in [0.25, 0.3) is 0 Å². The van der Waals surface area contributed by atoms with Crippen LogP contribution in [0.5, 0.6) is 11.5 Å². The summed E-state index contributed by atoms with van der Waals surface area (Å²) in [5, 5.41) is 6.61. The van der Waals surface area contributed by atoms with Crippen molar-refractivity contribution in [2.24, 2.45) is 4.99 Å². The zero-order chi connectivity index (χ0) is 15.4. The lowest BCUT2D eigenvalue weighted by molar-refractivity contribution is 0.200. The summed E-state index contributed by atoms with van der Waals surface area (Å²) in [7, 11) is 1.69. The van der Waals surface area contributed by atoms with Gasteiger partial charge in [-0.15, -0.1) is 0 Å². The molecule has 22 heavy (non-hydrogen) atoms. The number of nitrogens with zero attached hydrogens (tertiary/aromatic N) is 1. The van der Waals surface area contributed by atoms with E-state index in [9.17, 15) is 0 Å². The largest absolute Gasteiger partial charge is 0.493 e. The van der Waals surface area contributed by atoms with Crippen molar-refractivity contribution in [1.82, 2.24) is 10.6 Å². The van der Waals surface area contributed by atoms with Gasteiger partial charge in [-0.1, -0.05) is 6.07 Å². The summed E-state index contributed by atoms with van der Waals surface area (Å²) in [6, 6.07) is 6.55. The van der Waals surface area contributed by atoms with Gasteiger partial charge in [-0.25, -0.2) is 0 Å². The van der Waals surface area contributed by atoms with Crippen molar-refractivity contribution in [3.05, 3.63) is 23.8 Å². The van der Waals surface area contributed by atoms with Crippen LogP contribution in [0.3, 0.4) is 0 Å². The lowest BCUT2D eigenvalue weighted by Crippen LogP contribution is -2.37. The Morgan fingerprint density at radius 3 is 2.77 bits per heavy atom. The standard InChI is InChI=1S/C17H25N3O2/c1-12-10-18-17(20-12)19-11-13-7-8-15(16(9-13)21-2)22-14-5-3-4-6-14/h7-9,12,14H,3-6,10-11H2,1-2H3,(H2,18,19,20). The Balaban J connectivity index is 1.60. The molecule has 1 aliphatic carbocycles. The van der Waals surface area contributed by atoms with Gasteiger partial charge >= 0.3 is 0 Å².